The van der Waals surface area contributed by atoms with Gasteiger partial charge < -0.3 is 42.6 Å². The van der Waals surface area contributed by atoms with E-state index in [9.17, 15) is 28.8 Å². The van der Waals surface area contributed by atoms with Crippen LogP contribution in [-0.4, -0.2) is 94.8 Å². The molecule has 15 heteroatoms. The van der Waals surface area contributed by atoms with Gasteiger partial charge in [-0.3, -0.25) is 14.4 Å². The molecule has 0 aliphatic heterocycles. The monoisotopic (exact) mass is 956 g/mol. The molecule has 0 saturated heterocycles. The van der Waals surface area contributed by atoms with Crippen LogP contribution < -0.4 is 14.2 Å². The number of carbonyl (C=O) groups excluding carboxylic acids is 6. The van der Waals surface area contributed by atoms with Crippen molar-refractivity contribution in [1.29, 1.82) is 0 Å². The number of ether oxygens (including phenoxy) is 9. The number of rotatable bonds is 35. The van der Waals surface area contributed by atoms with Crippen LogP contribution in [0.1, 0.15) is 115 Å². The molecule has 0 atom stereocenters. The third kappa shape index (κ3) is 27.5. The highest BCUT2D eigenvalue weighted by molar-refractivity contribution is 5.88. The molecule has 3 rings (SSSR count). The van der Waals surface area contributed by atoms with Crippen LogP contribution in [0.2, 0.25) is 0 Å². The lowest BCUT2D eigenvalue weighted by molar-refractivity contribution is -0.167. The molecule has 3 aromatic carbocycles. The van der Waals surface area contributed by atoms with Crippen LogP contribution in [0.25, 0.3) is 18.2 Å². The first-order valence-corrected chi connectivity index (χ1v) is 23.8. The highest BCUT2D eigenvalue weighted by atomic mass is 16.6. The van der Waals surface area contributed by atoms with Crippen LogP contribution in [0.5, 0.6) is 17.2 Å². The normalized spacial score (nSPS) is 11.1. The van der Waals surface area contributed by atoms with Crippen LogP contribution in [0.15, 0.2) is 91.0 Å². The fourth-order valence-electron chi connectivity index (χ4n) is 6.18. The fraction of sp³-hybridized carbons (Fsp3) is 0.444. The summed E-state index contributed by atoms with van der Waals surface area (Å²) in [4.78, 5) is 72.8. The van der Waals surface area contributed by atoms with E-state index < -0.39 is 41.9 Å². The SMILES string of the molecule is CCOC(=O)/C=C/c1ccc(OCCCCCC(=O)OCC(COC(=O)CCCCCOc2ccc(/C=C/C(=O)OCC)cc2)OC(=O)CCCCCOc2ccc(/C=C/C(=O)OCC)cc2)cc1. The van der Waals surface area contributed by atoms with E-state index >= 15 is 0 Å². The maximum Gasteiger partial charge on any atom is 0.330 e. The molecule has 0 aliphatic rings. The number of unbranched alkanes of at least 4 members (excludes halogenated alkanes) is 6. The van der Waals surface area contributed by atoms with Crippen LogP contribution >= 0.6 is 0 Å². The lowest BCUT2D eigenvalue weighted by atomic mass is 10.2. The molecule has 0 radical (unpaired) electrons. The molecule has 15 nitrogen and oxygen atoms in total. The maximum absolute atomic E-state index is 12.9. The zero-order valence-corrected chi connectivity index (χ0v) is 40.2. The number of hydrogen-bond acceptors (Lipinski definition) is 15. The Balaban J connectivity index is 1.37. The molecule has 0 unspecified atom stereocenters. The molecule has 0 bridgehead atoms. The van der Waals surface area contributed by atoms with Crippen molar-refractivity contribution in [2.45, 2.75) is 104 Å². The van der Waals surface area contributed by atoms with Gasteiger partial charge in [0.1, 0.15) is 30.5 Å². The number of esters is 6. The molecule has 0 saturated carbocycles. The van der Waals surface area contributed by atoms with Gasteiger partial charge in [-0.1, -0.05) is 36.4 Å². The summed E-state index contributed by atoms with van der Waals surface area (Å²) in [6, 6.07) is 21.9. The predicted octanol–water partition coefficient (Wildman–Crippen LogP) is 9.63. The second-order valence-corrected chi connectivity index (χ2v) is 15.4. The molecule has 0 N–H and O–H groups in total. The van der Waals surface area contributed by atoms with Crippen LogP contribution in [-0.2, 0) is 57.2 Å². The molecule has 0 aromatic heterocycles. The lowest BCUT2D eigenvalue weighted by Crippen LogP contribution is -2.30. The summed E-state index contributed by atoms with van der Waals surface area (Å²) < 4.78 is 48.6. The van der Waals surface area contributed by atoms with Crippen LogP contribution in [0, 0.1) is 0 Å². The molecule has 0 aliphatic carbocycles. The Morgan fingerprint density at radius 2 is 0.696 bits per heavy atom. The molecule has 3 aromatic rings. The Bertz CT molecular complexity index is 1950. The van der Waals surface area contributed by atoms with Crippen molar-refractivity contribution in [2.75, 3.05) is 52.9 Å². The quantitative estimate of drug-likeness (QED) is 0.0235. The molecule has 374 valence electrons. The van der Waals surface area contributed by atoms with Crippen molar-refractivity contribution < 1.29 is 71.4 Å². The van der Waals surface area contributed by atoms with E-state index in [0.717, 1.165) is 29.5 Å². The van der Waals surface area contributed by atoms with E-state index in [2.05, 4.69) is 0 Å². The summed E-state index contributed by atoms with van der Waals surface area (Å²) in [6.45, 7) is 7.04. The summed E-state index contributed by atoms with van der Waals surface area (Å²) in [5, 5.41) is 0. The third-order valence-electron chi connectivity index (χ3n) is 9.78. The maximum atomic E-state index is 12.9. The first kappa shape index (κ1) is 56.4. The van der Waals surface area contributed by atoms with E-state index in [1.54, 1.807) is 39.0 Å². The number of carbonyl (C=O) groups is 6. The first-order valence-electron chi connectivity index (χ1n) is 23.8. The van der Waals surface area contributed by atoms with Gasteiger partial charge in [0.05, 0.1) is 39.6 Å². The topological polar surface area (TPSA) is 185 Å². The average molecular weight is 957 g/mol. The van der Waals surface area contributed by atoms with Gasteiger partial charge >= 0.3 is 35.8 Å². The minimum Gasteiger partial charge on any atom is -0.494 e. The molecular formula is C54H68O15. The van der Waals surface area contributed by atoms with E-state index in [4.69, 9.17) is 42.6 Å². The van der Waals surface area contributed by atoms with Gasteiger partial charge in [0.25, 0.3) is 0 Å². The van der Waals surface area contributed by atoms with Crippen molar-refractivity contribution >= 4 is 54.0 Å². The van der Waals surface area contributed by atoms with Crippen molar-refractivity contribution in [3.8, 4) is 17.2 Å². The Kier molecular flexibility index (Phi) is 28.8. The predicted molar refractivity (Wildman–Crippen MR) is 260 cm³/mol. The summed E-state index contributed by atoms with van der Waals surface area (Å²) >= 11 is 0. The van der Waals surface area contributed by atoms with Gasteiger partial charge in [0.2, 0.25) is 0 Å². The second-order valence-electron chi connectivity index (χ2n) is 15.4. The second kappa shape index (κ2) is 35.3. The van der Waals surface area contributed by atoms with Crippen molar-refractivity contribution in [3.63, 3.8) is 0 Å². The highest BCUT2D eigenvalue weighted by Crippen LogP contribution is 2.17. The number of hydrogen-bond donors (Lipinski definition) is 0. The Morgan fingerprint density at radius 1 is 0.391 bits per heavy atom. The Labute approximate surface area is 406 Å². The van der Waals surface area contributed by atoms with Gasteiger partial charge in [0, 0.05) is 37.5 Å². The van der Waals surface area contributed by atoms with E-state index in [1.165, 1.54) is 18.2 Å². The van der Waals surface area contributed by atoms with Gasteiger partial charge in [-0.05, 0) is 150 Å². The van der Waals surface area contributed by atoms with Crippen molar-refractivity contribution in [1.82, 2.24) is 0 Å². The molecular weight excluding hydrogens is 889 g/mol. The van der Waals surface area contributed by atoms with Gasteiger partial charge in [-0.25, -0.2) is 14.4 Å². The highest BCUT2D eigenvalue weighted by Gasteiger charge is 2.20. The van der Waals surface area contributed by atoms with Crippen molar-refractivity contribution in [2.24, 2.45) is 0 Å². The van der Waals surface area contributed by atoms with Gasteiger partial charge in [-0.2, -0.15) is 0 Å². The molecule has 0 spiro atoms. The standard InChI is InChI=1S/C54H68O15/c1-4-61-51(57)34-25-42-19-28-45(29-20-42)64-37-13-7-10-16-49(55)67-40-48(69-54(60)18-12-9-15-39-66-47-32-23-44(24-33-47)27-36-53(59)63-6-3)41-68-50(56)17-11-8-14-38-65-46-30-21-43(22-31-46)26-35-52(58)62-5-2/h19-36,48H,4-18,37-41H2,1-3H3/b34-25+,35-26+,36-27+. The van der Waals surface area contributed by atoms with Crippen molar-refractivity contribution in [3.05, 3.63) is 108 Å². The average Bonchev–Trinajstić information content (AvgIpc) is 3.35. The Morgan fingerprint density at radius 3 is 1.00 bits per heavy atom. The minimum absolute atomic E-state index is 0.122. The molecule has 0 fully saturated rings. The third-order valence-corrected chi connectivity index (χ3v) is 9.78. The Hall–Kier alpha value is -6.90. The zero-order chi connectivity index (χ0) is 49.7. The zero-order valence-electron chi connectivity index (χ0n) is 40.2. The fourth-order valence-corrected chi connectivity index (χ4v) is 6.18. The lowest BCUT2D eigenvalue weighted by Gasteiger charge is -2.18. The van der Waals surface area contributed by atoms with E-state index in [1.807, 2.05) is 72.8 Å². The van der Waals surface area contributed by atoms with Gasteiger partial charge in [0.15, 0.2) is 6.10 Å². The van der Waals surface area contributed by atoms with E-state index in [-0.39, 0.29) is 32.5 Å². The summed E-state index contributed by atoms with van der Waals surface area (Å²) in [5.74, 6) is -0.555. The molecule has 69 heavy (non-hydrogen) atoms. The molecule has 0 heterocycles. The first-order chi connectivity index (χ1) is 33.6. The van der Waals surface area contributed by atoms with Crippen LogP contribution in [0.3, 0.4) is 0 Å². The van der Waals surface area contributed by atoms with E-state index in [0.29, 0.717) is 102 Å². The van der Waals surface area contributed by atoms with Crippen LogP contribution in [0.4, 0.5) is 0 Å². The summed E-state index contributed by atoms with van der Waals surface area (Å²) in [6.07, 6.45) is 14.5. The summed E-state index contributed by atoms with van der Waals surface area (Å²) in [7, 11) is 0. The largest absolute Gasteiger partial charge is 0.494 e. The minimum atomic E-state index is -0.968. The summed E-state index contributed by atoms with van der Waals surface area (Å²) in [5.41, 5.74) is 2.51. The van der Waals surface area contributed by atoms with Gasteiger partial charge in [-0.15, -0.1) is 0 Å². The molecule has 0 amide bonds. The number of benzene rings is 3. The smallest absolute Gasteiger partial charge is 0.330 e.